The van der Waals surface area contributed by atoms with Crippen molar-refractivity contribution in [3.63, 3.8) is 0 Å². The van der Waals surface area contributed by atoms with Crippen molar-refractivity contribution < 1.29 is 0 Å². The topological polar surface area (TPSA) is 0 Å². The lowest BCUT2D eigenvalue weighted by Gasteiger charge is -2.04. The monoisotopic (exact) mass is 209 g/mol. The van der Waals surface area contributed by atoms with E-state index in [2.05, 4.69) is 63.8 Å². The summed E-state index contributed by atoms with van der Waals surface area (Å²) in [6.07, 6.45) is 0. The normalized spacial score (nSPS) is 11.0. The van der Waals surface area contributed by atoms with Gasteiger partial charge in [-0.15, -0.1) is 0 Å². The number of hydrogen-bond donors (Lipinski definition) is 0. The van der Waals surface area contributed by atoms with Crippen molar-refractivity contribution in [2.75, 3.05) is 0 Å². The van der Waals surface area contributed by atoms with Crippen LogP contribution in [0.25, 0.3) is 21.5 Å². The van der Waals surface area contributed by atoms with Crippen LogP contribution in [0.4, 0.5) is 0 Å². The molecule has 0 atom stereocenters. The van der Waals surface area contributed by atoms with Crippen LogP contribution >= 0.6 is 9.24 Å². The number of benzene rings is 3. The fraction of sp³-hybridized carbons (Fsp3) is 0. The van der Waals surface area contributed by atoms with Crippen LogP contribution in [0.2, 0.25) is 0 Å². The summed E-state index contributed by atoms with van der Waals surface area (Å²) in [4.78, 5) is 0. The van der Waals surface area contributed by atoms with E-state index in [1.54, 1.807) is 0 Å². The molecule has 0 nitrogen and oxygen atoms in total. The second kappa shape index (κ2) is 3.32. The van der Waals surface area contributed by atoms with E-state index in [9.17, 15) is 0 Å². The Balaban J connectivity index is 2.53. The van der Waals surface area contributed by atoms with Crippen molar-refractivity contribution in [1.29, 1.82) is 0 Å². The predicted octanol–water partition coefficient (Wildman–Crippen LogP) is 3.76. The third-order valence-electron chi connectivity index (χ3n) is 2.75. The average Bonchev–Trinajstić information content (AvgIpc) is 2.27. The van der Waals surface area contributed by atoms with Gasteiger partial charge in [-0.05, 0) is 39.0 Å². The van der Waals surface area contributed by atoms with Gasteiger partial charge < -0.3 is 0 Å². The summed E-state index contributed by atoms with van der Waals surface area (Å²) in [6.45, 7) is 0. The highest BCUT2D eigenvalue weighted by molar-refractivity contribution is 7.28. The van der Waals surface area contributed by atoms with Gasteiger partial charge >= 0.3 is 0 Å². The first kappa shape index (κ1) is 8.88. The standard InChI is InChI=1S/C14H10P/c15-14-7-3-6-12-8-10-4-1-2-5-11(10)9-13(12)14/h1-9,15H. The van der Waals surface area contributed by atoms with Gasteiger partial charge in [0.1, 0.15) is 0 Å². The molecule has 15 heavy (non-hydrogen) atoms. The van der Waals surface area contributed by atoms with Crippen LogP contribution in [0.3, 0.4) is 0 Å². The highest BCUT2D eigenvalue weighted by Crippen LogP contribution is 2.22. The minimum Gasteiger partial charge on any atom is -0.0627 e. The molecule has 0 saturated carbocycles. The lowest BCUT2D eigenvalue weighted by molar-refractivity contribution is 1.79. The van der Waals surface area contributed by atoms with E-state index in [-0.39, 0.29) is 0 Å². The van der Waals surface area contributed by atoms with Crippen molar-refractivity contribution in [1.82, 2.24) is 0 Å². The number of rotatable bonds is 0. The zero-order valence-electron chi connectivity index (χ0n) is 8.20. The molecule has 0 spiro atoms. The highest BCUT2D eigenvalue weighted by Gasteiger charge is 1.99. The second-order valence-electron chi connectivity index (χ2n) is 3.73. The molecule has 0 fully saturated rings. The van der Waals surface area contributed by atoms with Crippen LogP contribution in [-0.4, -0.2) is 0 Å². The summed E-state index contributed by atoms with van der Waals surface area (Å²) >= 11 is 0. The summed E-state index contributed by atoms with van der Waals surface area (Å²) in [5.41, 5.74) is 0. The lowest BCUT2D eigenvalue weighted by Crippen LogP contribution is -1.91. The van der Waals surface area contributed by atoms with Gasteiger partial charge in [-0.25, -0.2) is 0 Å². The molecule has 3 rings (SSSR count). The molecule has 3 aromatic carbocycles. The van der Waals surface area contributed by atoms with Crippen molar-refractivity contribution in [3.8, 4) is 0 Å². The van der Waals surface area contributed by atoms with Gasteiger partial charge in [0.05, 0.1) is 0 Å². The minimum absolute atomic E-state index is 1.15. The molecule has 0 N–H and O–H groups in total. The van der Waals surface area contributed by atoms with Crippen LogP contribution < -0.4 is 5.30 Å². The fourth-order valence-corrected chi connectivity index (χ4v) is 2.28. The first-order valence-corrected chi connectivity index (χ1v) is 5.48. The predicted molar refractivity (Wildman–Crippen MR) is 69.4 cm³/mol. The summed E-state index contributed by atoms with van der Waals surface area (Å²) in [5, 5.41) is 6.28. The Morgan fingerprint density at radius 1 is 0.667 bits per heavy atom. The Kier molecular flexibility index (Phi) is 1.97. The highest BCUT2D eigenvalue weighted by atomic mass is 31.0. The SMILES string of the molecule is [PH]c1cccc2cc3ccccc3cc12. The van der Waals surface area contributed by atoms with Gasteiger partial charge in [-0.1, -0.05) is 51.7 Å². The van der Waals surface area contributed by atoms with Crippen LogP contribution in [0.5, 0.6) is 0 Å². The third-order valence-corrected chi connectivity index (χ3v) is 3.18. The van der Waals surface area contributed by atoms with Crippen LogP contribution in [-0.2, 0) is 0 Å². The molecule has 3 aromatic rings. The minimum atomic E-state index is 1.15. The molecule has 0 saturated heterocycles. The quantitative estimate of drug-likeness (QED) is 0.390. The maximum atomic E-state index is 3.64. The maximum Gasteiger partial charge on any atom is -0.00997 e. The molecule has 1 heteroatoms. The number of hydrogen-bond acceptors (Lipinski definition) is 0. The van der Waals surface area contributed by atoms with Crippen molar-refractivity contribution >= 4 is 36.1 Å². The van der Waals surface area contributed by atoms with Gasteiger partial charge in [0, 0.05) is 0 Å². The Bertz CT molecular complexity index is 641. The summed E-state index contributed by atoms with van der Waals surface area (Å²) in [5.74, 6) is 0. The van der Waals surface area contributed by atoms with Gasteiger partial charge in [0.2, 0.25) is 0 Å². The first-order chi connectivity index (χ1) is 7.34. The number of fused-ring (bicyclic) bond motifs is 2. The van der Waals surface area contributed by atoms with E-state index in [1.807, 2.05) is 0 Å². The van der Waals surface area contributed by atoms with Crippen LogP contribution in [0.15, 0.2) is 54.6 Å². The molecule has 0 aliphatic rings. The van der Waals surface area contributed by atoms with Gasteiger partial charge in [0.25, 0.3) is 0 Å². The van der Waals surface area contributed by atoms with E-state index in [4.69, 9.17) is 0 Å². The van der Waals surface area contributed by atoms with E-state index in [0.717, 1.165) is 5.30 Å². The Morgan fingerprint density at radius 2 is 1.33 bits per heavy atom. The maximum absolute atomic E-state index is 3.64. The van der Waals surface area contributed by atoms with Crippen LogP contribution in [0.1, 0.15) is 0 Å². The molecular weight excluding hydrogens is 199 g/mol. The Labute approximate surface area is 91.1 Å². The third kappa shape index (κ3) is 1.42. The summed E-state index contributed by atoms with van der Waals surface area (Å²) in [6, 6.07) is 19.2. The van der Waals surface area contributed by atoms with Crippen molar-refractivity contribution in [2.45, 2.75) is 0 Å². The molecule has 71 valence electrons. The molecular formula is C14H10P. The Hall–Kier alpha value is -1.39. The van der Waals surface area contributed by atoms with Crippen molar-refractivity contribution in [3.05, 3.63) is 54.6 Å². The van der Waals surface area contributed by atoms with E-state index in [0.29, 0.717) is 0 Å². The molecule has 0 bridgehead atoms. The summed E-state index contributed by atoms with van der Waals surface area (Å²) in [7, 11) is 3.64. The smallest absolute Gasteiger partial charge is 0.00997 e. The van der Waals surface area contributed by atoms with Gasteiger partial charge in [-0.3, -0.25) is 0 Å². The average molecular weight is 209 g/mol. The van der Waals surface area contributed by atoms with Crippen LogP contribution in [0, 0.1) is 0 Å². The first-order valence-electron chi connectivity index (χ1n) is 4.98. The molecule has 1 radical (unpaired) electrons. The zero-order chi connectivity index (χ0) is 10.3. The molecule has 0 aromatic heterocycles. The van der Waals surface area contributed by atoms with E-state index >= 15 is 0 Å². The van der Waals surface area contributed by atoms with Gasteiger partial charge in [-0.2, -0.15) is 0 Å². The summed E-state index contributed by atoms with van der Waals surface area (Å²) < 4.78 is 0. The van der Waals surface area contributed by atoms with Gasteiger partial charge in [0.15, 0.2) is 0 Å². The Morgan fingerprint density at radius 3 is 2.13 bits per heavy atom. The van der Waals surface area contributed by atoms with E-state index < -0.39 is 0 Å². The molecule has 0 unspecified atom stereocenters. The molecule has 0 amide bonds. The lowest BCUT2D eigenvalue weighted by atomic mass is 10.0. The molecule has 0 aliphatic heterocycles. The van der Waals surface area contributed by atoms with E-state index in [1.165, 1.54) is 21.5 Å². The fourth-order valence-electron chi connectivity index (χ4n) is 1.97. The van der Waals surface area contributed by atoms with Crippen molar-refractivity contribution in [2.24, 2.45) is 0 Å². The second-order valence-corrected chi connectivity index (χ2v) is 4.26. The molecule has 0 aliphatic carbocycles. The molecule has 0 heterocycles. The zero-order valence-corrected chi connectivity index (χ0v) is 9.20. The largest absolute Gasteiger partial charge is 0.0627 e.